The van der Waals surface area contributed by atoms with Crippen LogP contribution in [-0.4, -0.2) is 14.6 Å². The first-order valence-corrected chi connectivity index (χ1v) is 6.73. The summed E-state index contributed by atoms with van der Waals surface area (Å²) >= 11 is 0. The highest BCUT2D eigenvalue weighted by Gasteiger charge is 2.13. The zero-order valence-corrected chi connectivity index (χ0v) is 11.9. The van der Waals surface area contributed by atoms with Gasteiger partial charge in [-0.1, -0.05) is 0 Å². The van der Waals surface area contributed by atoms with Gasteiger partial charge < -0.3 is 9.73 Å². The Morgan fingerprint density at radius 1 is 1.40 bits per heavy atom. The van der Waals surface area contributed by atoms with Crippen LogP contribution in [0.25, 0.3) is 5.65 Å². The van der Waals surface area contributed by atoms with Gasteiger partial charge in [0, 0.05) is 29.6 Å². The summed E-state index contributed by atoms with van der Waals surface area (Å²) in [5.74, 6) is 0.929. The summed E-state index contributed by atoms with van der Waals surface area (Å²) < 4.78 is 7.23. The zero-order chi connectivity index (χ0) is 14.1. The molecule has 104 valence electrons. The summed E-state index contributed by atoms with van der Waals surface area (Å²) in [7, 11) is 0. The Hall–Kier alpha value is -2.14. The second-order valence-corrected chi connectivity index (χ2v) is 5.04. The van der Waals surface area contributed by atoms with Crippen LogP contribution in [-0.2, 0) is 6.54 Å². The van der Waals surface area contributed by atoms with Crippen LogP contribution < -0.4 is 5.32 Å². The minimum Gasteiger partial charge on any atom is -0.468 e. The molecule has 0 amide bonds. The summed E-state index contributed by atoms with van der Waals surface area (Å²) in [6.45, 7) is 6.87. The minimum atomic E-state index is 0.182. The molecule has 3 aromatic heterocycles. The topological polar surface area (TPSA) is 55.4 Å². The van der Waals surface area contributed by atoms with E-state index in [2.05, 4.69) is 29.2 Å². The van der Waals surface area contributed by atoms with Gasteiger partial charge in [-0.25, -0.2) is 9.50 Å². The van der Waals surface area contributed by atoms with E-state index in [1.165, 1.54) is 0 Å². The Bertz CT molecular complexity index is 715. The lowest BCUT2D eigenvalue weighted by Gasteiger charge is -2.16. The van der Waals surface area contributed by atoms with Crippen LogP contribution in [0.3, 0.4) is 0 Å². The van der Waals surface area contributed by atoms with E-state index in [1.54, 1.807) is 6.26 Å². The molecule has 0 aliphatic carbocycles. The molecule has 0 bridgehead atoms. The number of aryl methyl sites for hydroxylation is 2. The second kappa shape index (κ2) is 5.09. The summed E-state index contributed by atoms with van der Waals surface area (Å²) in [5, 5.41) is 7.91. The number of fused-ring (bicyclic) bond motifs is 1. The van der Waals surface area contributed by atoms with Crippen molar-refractivity contribution in [1.82, 2.24) is 19.9 Å². The predicted molar refractivity (Wildman–Crippen MR) is 76.4 cm³/mol. The maximum Gasteiger partial charge on any atom is 0.155 e. The van der Waals surface area contributed by atoms with Crippen LogP contribution in [0.15, 0.2) is 35.1 Å². The SMILES string of the molecule is Cc1cc2ncc(C(C)NCc3ccco3)c(C)n2n1. The van der Waals surface area contributed by atoms with Gasteiger partial charge in [-0.05, 0) is 32.9 Å². The fraction of sp³-hybridized carbons (Fsp3) is 0.333. The molecule has 0 saturated heterocycles. The molecule has 0 radical (unpaired) electrons. The van der Waals surface area contributed by atoms with E-state index in [9.17, 15) is 0 Å². The Morgan fingerprint density at radius 3 is 3.00 bits per heavy atom. The highest BCUT2D eigenvalue weighted by molar-refractivity contribution is 5.42. The third-order valence-corrected chi connectivity index (χ3v) is 3.51. The van der Waals surface area contributed by atoms with Crippen LogP contribution in [0.4, 0.5) is 0 Å². The Labute approximate surface area is 117 Å². The van der Waals surface area contributed by atoms with Gasteiger partial charge in [0.25, 0.3) is 0 Å². The van der Waals surface area contributed by atoms with Crippen molar-refractivity contribution >= 4 is 5.65 Å². The average molecular weight is 270 g/mol. The smallest absolute Gasteiger partial charge is 0.155 e. The van der Waals surface area contributed by atoms with Crippen molar-refractivity contribution in [3.63, 3.8) is 0 Å². The fourth-order valence-electron chi connectivity index (χ4n) is 2.38. The lowest BCUT2D eigenvalue weighted by Crippen LogP contribution is -2.20. The lowest BCUT2D eigenvalue weighted by atomic mass is 10.1. The molecular formula is C15H18N4O. The van der Waals surface area contributed by atoms with Crippen molar-refractivity contribution in [1.29, 1.82) is 0 Å². The van der Waals surface area contributed by atoms with E-state index in [-0.39, 0.29) is 6.04 Å². The first-order chi connectivity index (χ1) is 9.65. The highest BCUT2D eigenvalue weighted by Crippen LogP contribution is 2.18. The van der Waals surface area contributed by atoms with Crippen molar-refractivity contribution in [2.45, 2.75) is 33.4 Å². The van der Waals surface area contributed by atoms with E-state index in [0.717, 1.165) is 28.4 Å². The minimum absolute atomic E-state index is 0.182. The summed E-state index contributed by atoms with van der Waals surface area (Å²) in [6.07, 6.45) is 3.61. The molecule has 0 aromatic carbocycles. The van der Waals surface area contributed by atoms with Gasteiger partial charge in [0.1, 0.15) is 5.76 Å². The number of hydrogen-bond donors (Lipinski definition) is 1. The lowest BCUT2D eigenvalue weighted by molar-refractivity contribution is 0.458. The molecule has 0 fully saturated rings. The van der Waals surface area contributed by atoms with E-state index >= 15 is 0 Å². The van der Waals surface area contributed by atoms with Gasteiger partial charge in [0.2, 0.25) is 0 Å². The molecule has 1 unspecified atom stereocenters. The van der Waals surface area contributed by atoms with Gasteiger partial charge in [-0.15, -0.1) is 0 Å². The van der Waals surface area contributed by atoms with Crippen molar-refractivity contribution in [3.8, 4) is 0 Å². The second-order valence-electron chi connectivity index (χ2n) is 5.04. The quantitative estimate of drug-likeness (QED) is 0.792. The monoisotopic (exact) mass is 270 g/mol. The number of rotatable bonds is 4. The molecule has 5 heteroatoms. The van der Waals surface area contributed by atoms with Crippen molar-refractivity contribution in [2.24, 2.45) is 0 Å². The Balaban J connectivity index is 1.83. The number of nitrogens with zero attached hydrogens (tertiary/aromatic N) is 3. The average Bonchev–Trinajstić information content (AvgIpc) is 3.05. The molecule has 0 spiro atoms. The highest BCUT2D eigenvalue weighted by atomic mass is 16.3. The number of nitrogens with one attached hydrogen (secondary N) is 1. The summed E-state index contributed by atoms with van der Waals surface area (Å²) in [4.78, 5) is 4.47. The van der Waals surface area contributed by atoms with Crippen LogP contribution in [0.1, 0.15) is 35.7 Å². The number of furan rings is 1. The molecule has 0 saturated carbocycles. The maximum absolute atomic E-state index is 5.33. The van der Waals surface area contributed by atoms with Gasteiger partial charge in [0.15, 0.2) is 5.65 Å². The summed E-state index contributed by atoms with van der Waals surface area (Å²) in [5.41, 5.74) is 4.13. The molecule has 3 rings (SSSR count). The van der Waals surface area contributed by atoms with Gasteiger partial charge in [-0.3, -0.25) is 0 Å². The van der Waals surface area contributed by atoms with Crippen molar-refractivity contribution in [3.05, 3.63) is 53.4 Å². The normalized spacial score (nSPS) is 12.9. The molecule has 1 atom stereocenters. The molecule has 0 aliphatic heterocycles. The molecule has 20 heavy (non-hydrogen) atoms. The van der Waals surface area contributed by atoms with Gasteiger partial charge in [0.05, 0.1) is 18.5 Å². The number of hydrogen-bond acceptors (Lipinski definition) is 4. The van der Waals surface area contributed by atoms with Crippen LogP contribution in [0, 0.1) is 13.8 Å². The molecule has 5 nitrogen and oxygen atoms in total. The van der Waals surface area contributed by atoms with Crippen LogP contribution in [0.2, 0.25) is 0 Å². The van der Waals surface area contributed by atoms with E-state index in [1.807, 2.05) is 35.8 Å². The first-order valence-electron chi connectivity index (χ1n) is 6.73. The van der Waals surface area contributed by atoms with Crippen molar-refractivity contribution in [2.75, 3.05) is 0 Å². The molecule has 0 aliphatic rings. The number of aromatic nitrogens is 3. The molecule has 3 aromatic rings. The van der Waals surface area contributed by atoms with Crippen molar-refractivity contribution < 1.29 is 4.42 Å². The van der Waals surface area contributed by atoms with E-state index in [0.29, 0.717) is 6.54 Å². The first kappa shape index (κ1) is 12.9. The largest absolute Gasteiger partial charge is 0.468 e. The third kappa shape index (κ3) is 2.32. The Kier molecular flexibility index (Phi) is 3.28. The predicted octanol–water partition coefficient (Wildman–Crippen LogP) is 2.79. The van der Waals surface area contributed by atoms with Crippen LogP contribution >= 0.6 is 0 Å². The molecule has 1 N–H and O–H groups in total. The zero-order valence-electron chi connectivity index (χ0n) is 11.9. The van der Waals surface area contributed by atoms with E-state index < -0.39 is 0 Å². The molecule has 3 heterocycles. The van der Waals surface area contributed by atoms with Crippen LogP contribution in [0.5, 0.6) is 0 Å². The third-order valence-electron chi connectivity index (χ3n) is 3.51. The summed E-state index contributed by atoms with van der Waals surface area (Å²) in [6, 6.07) is 6.02. The van der Waals surface area contributed by atoms with Gasteiger partial charge in [-0.2, -0.15) is 5.10 Å². The molecular weight excluding hydrogens is 252 g/mol. The maximum atomic E-state index is 5.33. The standard InChI is InChI=1S/C15H18N4O/c1-10-7-15-17-9-14(12(3)19(15)18-10)11(2)16-8-13-5-4-6-20-13/h4-7,9,11,16H,8H2,1-3H3. The Morgan fingerprint density at radius 2 is 2.25 bits per heavy atom. The van der Waals surface area contributed by atoms with E-state index in [4.69, 9.17) is 4.42 Å². The fourth-order valence-corrected chi connectivity index (χ4v) is 2.38. The van der Waals surface area contributed by atoms with Gasteiger partial charge >= 0.3 is 0 Å².